The van der Waals surface area contributed by atoms with Crippen LogP contribution in [0.4, 0.5) is 0 Å². The number of rotatable bonds is 9. The van der Waals surface area contributed by atoms with E-state index < -0.39 is 52.7 Å². The fourth-order valence-electron chi connectivity index (χ4n) is 4.34. The predicted octanol–water partition coefficient (Wildman–Crippen LogP) is 7.64. The first-order chi connectivity index (χ1) is 19.3. The van der Waals surface area contributed by atoms with E-state index in [1.54, 1.807) is 48.5 Å². The Morgan fingerprint density at radius 2 is 1.12 bits per heavy atom. The van der Waals surface area contributed by atoms with Crippen molar-refractivity contribution in [1.29, 1.82) is 0 Å². The molecule has 0 heterocycles. The number of benzene rings is 2. The summed E-state index contributed by atoms with van der Waals surface area (Å²) >= 11 is 0. The normalized spacial score (nSPS) is 21.5. The van der Waals surface area contributed by atoms with Gasteiger partial charge in [-0.1, -0.05) is 77.9 Å². The number of esters is 2. The Labute approximate surface area is 253 Å². The first-order valence-electron chi connectivity index (χ1n) is 14.7. The lowest BCUT2D eigenvalue weighted by atomic mass is 10.1. The zero-order valence-electron chi connectivity index (χ0n) is 26.9. The van der Waals surface area contributed by atoms with Crippen LogP contribution in [-0.2, 0) is 23.1 Å². The summed E-state index contributed by atoms with van der Waals surface area (Å²) in [6, 6.07) is 17.3. The van der Waals surface area contributed by atoms with Crippen molar-refractivity contribution in [3.05, 3.63) is 71.8 Å². The molecule has 7 nitrogen and oxygen atoms in total. The average molecular weight is 613 g/mol. The first kappa shape index (κ1) is 33.7. The van der Waals surface area contributed by atoms with Gasteiger partial charge in [0.1, 0.15) is 6.10 Å². The molecule has 9 heteroatoms. The molecular formula is C33H48O7Si2. The Hall–Kier alpha value is -2.76. The van der Waals surface area contributed by atoms with Gasteiger partial charge in [0, 0.05) is 12.5 Å². The van der Waals surface area contributed by atoms with Crippen LogP contribution in [0, 0.1) is 11.8 Å². The highest BCUT2D eigenvalue weighted by Crippen LogP contribution is 2.43. The van der Waals surface area contributed by atoms with Crippen molar-refractivity contribution in [2.45, 2.75) is 96.4 Å². The summed E-state index contributed by atoms with van der Waals surface area (Å²) in [6.45, 7) is 21.3. The topological polar surface area (TPSA) is 88.1 Å². The number of hydrogen-bond acceptors (Lipinski definition) is 7. The number of carbonyl (C=O) groups excluding carboxylic acids is 3. The highest BCUT2D eigenvalue weighted by atomic mass is 28.4. The van der Waals surface area contributed by atoms with Gasteiger partial charge in [0.25, 0.3) is 14.3 Å². The molecule has 0 unspecified atom stereocenters. The van der Waals surface area contributed by atoms with Crippen LogP contribution in [0.25, 0.3) is 0 Å². The van der Waals surface area contributed by atoms with Crippen molar-refractivity contribution in [3.8, 4) is 0 Å². The molecule has 0 N–H and O–H groups in total. The number of carbonyl (C=O) groups is 3. The molecule has 1 aliphatic carbocycles. The van der Waals surface area contributed by atoms with Gasteiger partial charge < -0.3 is 18.3 Å². The van der Waals surface area contributed by atoms with Crippen LogP contribution in [0.3, 0.4) is 0 Å². The highest BCUT2D eigenvalue weighted by Gasteiger charge is 2.54. The Balaban J connectivity index is 2.01. The van der Waals surface area contributed by atoms with Crippen LogP contribution >= 0.6 is 0 Å². The van der Waals surface area contributed by atoms with Crippen molar-refractivity contribution < 1.29 is 32.7 Å². The molecule has 0 aliphatic heterocycles. The van der Waals surface area contributed by atoms with Gasteiger partial charge in [-0.3, -0.25) is 4.79 Å². The molecule has 0 saturated heterocycles. The van der Waals surface area contributed by atoms with Gasteiger partial charge >= 0.3 is 11.9 Å². The van der Waals surface area contributed by atoms with Gasteiger partial charge in [0.05, 0.1) is 17.0 Å². The van der Waals surface area contributed by atoms with E-state index in [4.69, 9.17) is 18.3 Å². The van der Waals surface area contributed by atoms with Gasteiger partial charge in [-0.15, -0.1) is 0 Å². The summed E-state index contributed by atoms with van der Waals surface area (Å²) in [5.74, 6) is -2.75. The standard InChI is InChI=1S/C33H48O7Si2/c1-32(2,3)41(7,8)37-22-25-21-26(31(36)40-42(9,10)33(4,5)6)28(39-30(35)24-19-15-12-16-20-24)27(25)38-29(34)23-17-13-11-14-18-23/h11-20,25-28H,21-22H2,1-10H3/t25-,26-,27-,28+/m1/s1. The van der Waals surface area contributed by atoms with Gasteiger partial charge in [-0.2, -0.15) is 0 Å². The Bertz CT molecular complexity index is 1230. The molecule has 0 bridgehead atoms. The first-order valence-corrected chi connectivity index (χ1v) is 20.5. The second-order valence-corrected chi connectivity index (χ2v) is 23.9. The fraction of sp³-hybridized carbons (Fsp3) is 0.545. The lowest BCUT2D eigenvalue weighted by Crippen LogP contribution is -2.47. The van der Waals surface area contributed by atoms with Crippen LogP contribution in [0.5, 0.6) is 0 Å². The van der Waals surface area contributed by atoms with Crippen molar-refractivity contribution in [3.63, 3.8) is 0 Å². The van der Waals surface area contributed by atoms with E-state index in [2.05, 4.69) is 54.6 Å². The van der Waals surface area contributed by atoms with Gasteiger partial charge in [0.15, 0.2) is 14.4 Å². The molecular weight excluding hydrogens is 565 g/mol. The molecule has 2 aromatic carbocycles. The number of ether oxygens (including phenoxy) is 2. The molecule has 0 spiro atoms. The lowest BCUT2D eigenvalue weighted by Gasteiger charge is -2.37. The summed E-state index contributed by atoms with van der Waals surface area (Å²) in [5.41, 5.74) is 0.727. The predicted molar refractivity (Wildman–Crippen MR) is 169 cm³/mol. The second-order valence-electron chi connectivity index (χ2n) is 14.3. The van der Waals surface area contributed by atoms with Crippen LogP contribution in [0.1, 0.15) is 68.7 Å². The third-order valence-corrected chi connectivity index (χ3v) is 18.0. The molecule has 4 atom stereocenters. The van der Waals surface area contributed by atoms with E-state index in [1.807, 2.05) is 25.2 Å². The van der Waals surface area contributed by atoms with E-state index in [0.717, 1.165) is 0 Å². The quantitative estimate of drug-likeness (QED) is 0.212. The van der Waals surface area contributed by atoms with Crippen molar-refractivity contribution in [1.82, 2.24) is 0 Å². The van der Waals surface area contributed by atoms with Crippen LogP contribution in [0.2, 0.25) is 36.3 Å². The van der Waals surface area contributed by atoms with Gasteiger partial charge in [-0.25, -0.2) is 9.59 Å². The molecule has 3 rings (SSSR count). The Kier molecular flexibility index (Phi) is 10.3. The zero-order valence-corrected chi connectivity index (χ0v) is 28.9. The Morgan fingerprint density at radius 1 is 0.690 bits per heavy atom. The smallest absolute Gasteiger partial charge is 0.338 e. The lowest BCUT2D eigenvalue weighted by molar-refractivity contribution is -0.144. The molecule has 0 aromatic heterocycles. The Morgan fingerprint density at radius 3 is 1.55 bits per heavy atom. The van der Waals surface area contributed by atoms with E-state index in [0.29, 0.717) is 17.5 Å². The molecule has 1 fully saturated rings. The van der Waals surface area contributed by atoms with Crippen LogP contribution < -0.4 is 0 Å². The van der Waals surface area contributed by atoms with Gasteiger partial charge in [-0.05, 0) is 67.0 Å². The van der Waals surface area contributed by atoms with E-state index in [-0.39, 0.29) is 22.6 Å². The van der Waals surface area contributed by atoms with E-state index >= 15 is 0 Å². The van der Waals surface area contributed by atoms with Crippen LogP contribution in [-0.4, -0.2) is 53.4 Å². The van der Waals surface area contributed by atoms with E-state index in [9.17, 15) is 14.4 Å². The summed E-state index contributed by atoms with van der Waals surface area (Å²) < 4.78 is 25.0. The minimum absolute atomic E-state index is 0.0400. The minimum Gasteiger partial charge on any atom is -0.519 e. The summed E-state index contributed by atoms with van der Waals surface area (Å²) in [5, 5.41) is -0.247. The van der Waals surface area contributed by atoms with Crippen molar-refractivity contribution in [2.75, 3.05) is 6.61 Å². The van der Waals surface area contributed by atoms with E-state index in [1.165, 1.54) is 0 Å². The largest absolute Gasteiger partial charge is 0.519 e. The highest BCUT2D eigenvalue weighted by molar-refractivity contribution is 6.75. The molecule has 0 amide bonds. The second kappa shape index (κ2) is 12.9. The summed E-state index contributed by atoms with van der Waals surface area (Å²) in [4.78, 5) is 40.6. The van der Waals surface area contributed by atoms with Crippen molar-refractivity contribution >= 4 is 34.5 Å². The zero-order chi connectivity index (χ0) is 31.5. The van der Waals surface area contributed by atoms with Crippen LogP contribution in [0.15, 0.2) is 60.7 Å². The average Bonchev–Trinajstić information content (AvgIpc) is 3.23. The molecule has 1 aliphatic rings. The maximum atomic E-state index is 13.9. The minimum atomic E-state index is -2.49. The summed E-state index contributed by atoms with van der Waals surface area (Å²) in [7, 11) is -4.68. The molecule has 2 aromatic rings. The molecule has 1 saturated carbocycles. The molecule has 230 valence electrons. The SMILES string of the molecule is CC(C)(C)[Si](C)(C)OC[C@H]1C[C@@H](C(=O)O[Si](C)(C)C(C)(C)C)[C@H](OC(=O)c2ccccc2)[C@@H]1OC(=O)c1ccccc1. The third-order valence-electron chi connectivity index (χ3n) is 9.18. The molecule has 0 radical (unpaired) electrons. The maximum Gasteiger partial charge on any atom is 0.338 e. The summed E-state index contributed by atoms with van der Waals surface area (Å²) in [6.07, 6.45) is -1.62. The monoisotopic (exact) mass is 612 g/mol. The number of hydrogen-bond donors (Lipinski definition) is 0. The third kappa shape index (κ3) is 7.99. The van der Waals surface area contributed by atoms with Gasteiger partial charge in [0.2, 0.25) is 0 Å². The molecule has 42 heavy (non-hydrogen) atoms. The fourth-order valence-corrected chi connectivity index (χ4v) is 6.37. The maximum absolute atomic E-state index is 13.9. The van der Waals surface area contributed by atoms with Crippen molar-refractivity contribution in [2.24, 2.45) is 11.8 Å².